The van der Waals surface area contributed by atoms with E-state index >= 15 is 0 Å². The summed E-state index contributed by atoms with van der Waals surface area (Å²) in [5.41, 5.74) is 0.297. The Morgan fingerprint density at radius 3 is 2.75 bits per heavy atom. The van der Waals surface area contributed by atoms with E-state index < -0.39 is 24.7 Å². The summed E-state index contributed by atoms with van der Waals surface area (Å²) < 4.78 is 39.5. The zero-order chi connectivity index (χ0) is 15.2. The van der Waals surface area contributed by atoms with Gasteiger partial charge in [-0.2, -0.15) is 13.2 Å². The van der Waals surface area contributed by atoms with Gasteiger partial charge in [0.05, 0.1) is 25.1 Å². The number of aliphatic carboxylic acids is 1. The van der Waals surface area contributed by atoms with Gasteiger partial charge in [0.15, 0.2) is 5.13 Å². The van der Waals surface area contributed by atoms with Crippen molar-refractivity contribution in [3.8, 4) is 0 Å². The van der Waals surface area contributed by atoms with E-state index in [1.165, 1.54) is 5.38 Å². The van der Waals surface area contributed by atoms with Crippen LogP contribution in [0.2, 0.25) is 0 Å². The van der Waals surface area contributed by atoms with Crippen molar-refractivity contribution in [3.05, 3.63) is 11.1 Å². The first kappa shape index (κ1) is 16.4. The molecule has 2 N–H and O–H groups in total. The first-order valence-corrected chi connectivity index (χ1v) is 6.25. The molecule has 1 heterocycles. The minimum absolute atomic E-state index is 0.196. The van der Waals surface area contributed by atoms with E-state index in [0.29, 0.717) is 5.69 Å². The zero-order valence-corrected chi connectivity index (χ0v) is 10.9. The molecule has 0 aliphatic carbocycles. The average molecular weight is 312 g/mol. The number of carboxylic acid groups (broad SMARTS) is 1. The van der Waals surface area contributed by atoms with Crippen LogP contribution in [0, 0.1) is 0 Å². The number of amides is 1. The highest BCUT2D eigenvalue weighted by atomic mass is 32.1. The molecule has 0 aliphatic rings. The maximum absolute atomic E-state index is 11.8. The Labute approximate surface area is 115 Å². The predicted octanol–water partition coefficient (Wildman–Crippen LogP) is 1.68. The molecule has 0 aliphatic heterocycles. The van der Waals surface area contributed by atoms with Crippen molar-refractivity contribution in [1.29, 1.82) is 0 Å². The first-order valence-electron chi connectivity index (χ1n) is 5.37. The summed E-state index contributed by atoms with van der Waals surface area (Å²) >= 11 is 1.04. The number of carboxylic acids is 1. The van der Waals surface area contributed by atoms with Gasteiger partial charge in [0, 0.05) is 5.38 Å². The number of hydrogen-bond donors (Lipinski definition) is 2. The van der Waals surface area contributed by atoms with Crippen molar-refractivity contribution in [2.75, 3.05) is 18.5 Å². The number of nitrogens with zero attached hydrogens (tertiary/aromatic N) is 1. The maximum atomic E-state index is 11.8. The van der Waals surface area contributed by atoms with Crippen LogP contribution >= 0.6 is 11.3 Å². The third-order valence-electron chi connectivity index (χ3n) is 1.87. The average Bonchev–Trinajstić information content (AvgIpc) is 2.69. The van der Waals surface area contributed by atoms with E-state index in [4.69, 9.17) is 5.11 Å². The molecule has 20 heavy (non-hydrogen) atoms. The highest BCUT2D eigenvalue weighted by Gasteiger charge is 2.27. The Kier molecular flexibility index (Phi) is 5.89. The van der Waals surface area contributed by atoms with E-state index in [1.54, 1.807) is 0 Å². The SMILES string of the molecule is O=C(O)Cc1csc(NC(=O)CCOCC(F)(F)F)n1. The van der Waals surface area contributed by atoms with Crippen molar-refractivity contribution in [1.82, 2.24) is 4.98 Å². The molecule has 1 rings (SSSR count). The van der Waals surface area contributed by atoms with Gasteiger partial charge in [-0.1, -0.05) is 0 Å². The van der Waals surface area contributed by atoms with Crippen LogP contribution in [-0.4, -0.2) is 41.4 Å². The zero-order valence-electron chi connectivity index (χ0n) is 10.1. The van der Waals surface area contributed by atoms with Crippen molar-refractivity contribution < 1.29 is 32.6 Å². The first-order chi connectivity index (χ1) is 9.26. The van der Waals surface area contributed by atoms with Crippen LogP contribution in [0.3, 0.4) is 0 Å². The van der Waals surface area contributed by atoms with Crippen molar-refractivity contribution >= 4 is 28.3 Å². The highest BCUT2D eigenvalue weighted by molar-refractivity contribution is 7.13. The van der Waals surface area contributed by atoms with Crippen LogP contribution in [0.25, 0.3) is 0 Å². The number of alkyl halides is 3. The molecule has 0 bridgehead atoms. The molecule has 0 aromatic carbocycles. The molecule has 0 saturated heterocycles. The van der Waals surface area contributed by atoms with Gasteiger partial charge in [0.1, 0.15) is 6.61 Å². The second-order valence-corrected chi connectivity index (χ2v) is 4.54. The maximum Gasteiger partial charge on any atom is 0.411 e. The smallest absolute Gasteiger partial charge is 0.411 e. The molecule has 0 atom stereocenters. The van der Waals surface area contributed by atoms with E-state index in [9.17, 15) is 22.8 Å². The summed E-state index contributed by atoms with van der Waals surface area (Å²) in [5.74, 6) is -1.60. The van der Waals surface area contributed by atoms with Crippen molar-refractivity contribution in [3.63, 3.8) is 0 Å². The number of carbonyl (C=O) groups is 2. The van der Waals surface area contributed by atoms with Crippen LogP contribution in [0.1, 0.15) is 12.1 Å². The Morgan fingerprint density at radius 1 is 1.45 bits per heavy atom. The van der Waals surface area contributed by atoms with Gasteiger partial charge in [0.2, 0.25) is 5.91 Å². The van der Waals surface area contributed by atoms with Crippen LogP contribution in [-0.2, 0) is 20.7 Å². The fraction of sp³-hybridized carbons (Fsp3) is 0.500. The molecule has 0 spiro atoms. The number of ether oxygens (including phenoxy) is 1. The lowest BCUT2D eigenvalue weighted by atomic mass is 10.3. The number of anilines is 1. The van der Waals surface area contributed by atoms with Gasteiger partial charge in [-0.05, 0) is 0 Å². The van der Waals surface area contributed by atoms with Gasteiger partial charge in [-0.15, -0.1) is 11.3 Å². The lowest BCUT2D eigenvalue weighted by Crippen LogP contribution is -2.20. The number of thiazole rings is 1. The molecule has 6 nitrogen and oxygen atoms in total. The molecule has 1 amide bonds. The number of halogens is 3. The van der Waals surface area contributed by atoms with Gasteiger partial charge < -0.3 is 15.2 Å². The minimum Gasteiger partial charge on any atom is -0.481 e. The molecule has 0 unspecified atom stereocenters. The van der Waals surface area contributed by atoms with E-state index in [2.05, 4.69) is 15.0 Å². The summed E-state index contributed by atoms with van der Waals surface area (Å²) in [6, 6.07) is 0. The van der Waals surface area contributed by atoms with Gasteiger partial charge in [-0.3, -0.25) is 9.59 Å². The monoisotopic (exact) mass is 312 g/mol. The Hall–Kier alpha value is -1.68. The number of nitrogens with one attached hydrogen (secondary N) is 1. The third kappa shape index (κ3) is 7.04. The second-order valence-electron chi connectivity index (χ2n) is 3.68. The number of hydrogen-bond acceptors (Lipinski definition) is 5. The molecule has 1 aromatic heterocycles. The van der Waals surface area contributed by atoms with Crippen LogP contribution in [0.4, 0.5) is 18.3 Å². The number of rotatable bonds is 7. The lowest BCUT2D eigenvalue weighted by Gasteiger charge is -2.07. The predicted molar refractivity (Wildman–Crippen MR) is 63.6 cm³/mol. The van der Waals surface area contributed by atoms with E-state index in [1.807, 2.05) is 0 Å². The molecular formula is C10H11F3N2O4S. The number of aromatic nitrogens is 1. The van der Waals surface area contributed by atoms with Gasteiger partial charge >= 0.3 is 12.1 Å². The largest absolute Gasteiger partial charge is 0.481 e. The fourth-order valence-corrected chi connectivity index (χ4v) is 1.86. The number of carbonyl (C=O) groups excluding carboxylic acids is 1. The van der Waals surface area contributed by atoms with Crippen LogP contribution < -0.4 is 5.32 Å². The molecule has 0 fully saturated rings. The highest BCUT2D eigenvalue weighted by Crippen LogP contribution is 2.16. The topological polar surface area (TPSA) is 88.5 Å². The second kappa shape index (κ2) is 7.20. The standard InChI is InChI=1S/C10H11F3N2O4S/c11-10(12,13)5-19-2-1-7(16)15-9-14-6(4-20-9)3-8(17)18/h4H,1-3,5H2,(H,17,18)(H,14,15,16). The fourth-order valence-electron chi connectivity index (χ4n) is 1.14. The molecule has 1 aromatic rings. The Morgan fingerprint density at radius 2 is 2.15 bits per heavy atom. The third-order valence-corrected chi connectivity index (χ3v) is 2.68. The Balaban J connectivity index is 2.28. The van der Waals surface area contributed by atoms with Gasteiger partial charge in [0.25, 0.3) is 0 Å². The summed E-state index contributed by atoms with van der Waals surface area (Å²) in [7, 11) is 0. The minimum atomic E-state index is -4.42. The Bertz CT molecular complexity index is 475. The summed E-state index contributed by atoms with van der Waals surface area (Å²) in [6.45, 7) is -1.76. The lowest BCUT2D eigenvalue weighted by molar-refractivity contribution is -0.174. The normalized spacial score (nSPS) is 11.3. The van der Waals surface area contributed by atoms with Gasteiger partial charge in [-0.25, -0.2) is 4.98 Å². The molecule has 0 saturated carbocycles. The van der Waals surface area contributed by atoms with Crippen LogP contribution in [0.5, 0.6) is 0 Å². The van der Waals surface area contributed by atoms with Crippen molar-refractivity contribution in [2.45, 2.75) is 19.0 Å². The van der Waals surface area contributed by atoms with Crippen molar-refractivity contribution in [2.24, 2.45) is 0 Å². The van der Waals surface area contributed by atoms with Crippen LogP contribution in [0.15, 0.2) is 5.38 Å². The van der Waals surface area contributed by atoms with E-state index in [-0.39, 0.29) is 24.6 Å². The molecule has 10 heteroatoms. The molecular weight excluding hydrogens is 301 g/mol. The summed E-state index contributed by atoms with van der Waals surface area (Å²) in [4.78, 5) is 25.6. The summed E-state index contributed by atoms with van der Waals surface area (Å²) in [5, 5.41) is 12.6. The quantitative estimate of drug-likeness (QED) is 0.748. The molecule has 0 radical (unpaired) electrons. The molecule has 112 valence electrons. The summed E-state index contributed by atoms with van der Waals surface area (Å²) in [6.07, 6.45) is -4.93. The van der Waals surface area contributed by atoms with E-state index in [0.717, 1.165) is 11.3 Å².